The van der Waals surface area contributed by atoms with Gasteiger partial charge in [0.05, 0.1) is 17.7 Å². The molecule has 1 aromatic carbocycles. The van der Waals surface area contributed by atoms with Crippen molar-refractivity contribution < 1.29 is 23.5 Å². The van der Waals surface area contributed by atoms with E-state index in [1.54, 1.807) is 30.3 Å². The molecule has 10 heteroatoms. The van der Waals surface area contributed by atoms with Gasteiger partial charge in [0, 0.05) is 17.2 Å². The van der Waals surface area contributed by atoms with Crippen LogP contribution in [0.3, 0.4) is 0 Å². The highest BCUT2D eigenvalue weighted by molar-refractivity contribution is 7.14. The Balaban J connectivity index is 1.44. The number of para-hydroxylation sites is 1. The maximum Gasteiger partial charge on any atom is 0.326 e. The molecule has 0 radical (unpaired) electrons. The molecule has 1 N–H and O–H groups in total. The summed E-state index contributed by atoms with van der Waals surface area (Å²) in [5.41, 5.74) is 0.492. The Morgan fingerprint density at radius 1 is 1.22 bits per heavy atom. The first-order valence-electron chi connectivity index (χ1n) is 9.77. The zero-order chi connectivity index (χ0) is 22.8. The first-order chi connectivity index (χ1) is 15.3. The molecule has 3 aromatic heterocycles. The first kappa shape index (κ1) is 21.4. The van der Waals surface area contributed by atoms with Crippen molar-refractivity contribution in [1.82, 2.24) is 14.9 Å². The molecule has 0 saturated carbocycles. The van der Waals surface area contributed by atoms with E-state index in [0.29, 0.717) is 27.9 Å². The molecule has 164 valence electrons. The average Bonchev–Trinajstić information content (AvgIpc) is 3.39. The summed E-state index contributed by atoms with van der Waals surface area (Å²) < 4.78 is 11.9. The van der Waals surface area contributed by atoms with Crippen molar-refractivity contribution in [2.75, 3.05) is 0 Å². The van der Waals surface area contributed by atoms with Gasteiger partial charge in [0.15, 0.2) is 6.10 Å². The number of furan rings is 1. The molecule has 0 bridgehead atoms. The van der Waals surface area contributed by atoms with Crippen LogP contribution in [0.15, 0.2) is 51.9 Å². The second kappa shape index (κ2) is 8.75. The van der Waals surface area contributed by atoms with Crippen LogP contribution < -0.4 is 10.9 Å². The fourth-order valence-corrected chi connectivity index (χ4v) is 4.14. The molecule has 32 heavy (non-hydrogen) atoms. The number of fused-ring (bicyclic) bond motifs is 3. The molecule has 1 atom stereocenters. The Bertz CT molecular complexity index is 1400. The number of ketones is 1. The number of amides is 1. The number of carbonyl (C=O) groups is 3. The third-order valence-electron chi connectivity index (χ3n) is 4.74. The Labute approximate surface area is 185 Å². The summed E-state index contributed by atoms with van der Waals surface area (Å²) in [7, 11) is 0. The van der Waals surface area contributed by atoms with E-state index in [2.05, 4.69) is 10.3 Å². The smallest absolute Gasteiger partial charge is 0.326 e. The van der Waals surface area contributed by atoms with Crippen molar-refractivity contribution in [3.63, 3.8) is 0 Å². The molecular formula is C22H19N3O6S. The molecule has 1 unspecified atom stereocenters. The SMILES string of the molecule is CC(=O)NCc1ccc(C(=O)C(C)OC(=O)Cn2cnc3c(oc4ccccc43)c2=O)s1. The summed E-state index contributed by atoms with van der Waals surface area (Å²) in [6, 6.07) is 10.5. The lowest BCUT2D eigenvalue weighted by molar-refractivity contribution is -0.147. The second-order valence-corrected chi connectivity index (χ2v) is 8.29. The van der Waals surface area contributed by atoms with E-state index in [1.165, 1.54) is 31.5 Å². The summed E-state index contributed by atoms with van der Waals surface area (Å²) in [4.78, 5) is 54.1. The van der Waals surface area contributed by atoms with Gasteiger partial charge in [-0.2, -0.15) is 0 Å². The van der Waals surface area contributed by atoms with Gasteiger partial charge in [-0.15, -0.1) is 11.3 Å². The maximum absolute atomic E-state index is 12.7. The van der Waals surface area contributed by atoms with Gasteiger partial charge in [0.2, 0.25) is 17.3 Å². The zero-order valence-electron chi connectivity index (χ0n) is 17.3. The standard InChI is InChI=1S/C22H19N3O6S/c1-12(20(28)17-8-7-14(32-17)9-23-13(2)26)30-18(27)10-25-11-24-19-15-5-3-4-6-16(15)31-21(19)22(25)29/h3-8,11-12H,9-10H2,1-2H3,(H,23,26). The minimum Gasteiger partial charge on any atom is -0.453 e. The Morgan fingerprint density at radius 2 is 2.00 bits per heavy atom. The van der Waals surface area contributed by atoms with E-state index in [0.717, 1.165) is 9.44 Å². The van der Waals surface area contributed by atoms with Crippen LogP contribution in [0, 0.1) is 0 Å². The summed E-state index contributed by atoms with van der Waals surface area (Å²) in [5, 5.41) is 3.37. The third kappa shape index (κ3) is 4.30. The Hall–Kier alpha value is -3.79. The number of hydrogen-bond acceptors (Lipinski definition) is 8. The van der Waals surface area contributed by atoms with Crippen molar-refractivity contribution in [3.05, 3.63) is 62.8 Å². The van der Waals surface area contributed by atoms with Gasteiger partial charge in [-0.3, -0.25) is 23.7 Å². The van der Waals surface area contributed by atoms with Crippen LogP contribution in [-0.4, -0.2) is 33.3 Å². The molecule has 0 spiro atoms. The molecule has 4 aromatic rings. The van der Waals surface area contributed by atoms with Crippen LogP contribution in [0.2, 0.25) is 0 Å². The molecule has 0 aliphatic carbocycles. The molecule has 3 heterocycles. The van der Waals surface area contributed by atoms with Gasteiger partial charge in [0.25, 0.3) is 5.56 Å². The minimum absolute atomic E-state index is 0.0518. The third-order valence-corrected chi connectivity index (χ3v) is 5.84. The lowest BCUT2D eigenvalue weighted by atomic mass is 10.2. The zero-order valence-corrected chi connectivity index (χ0v) is 18.1. The van der Waals surface area contributed by atoms with Crippen LogP contribution in [-0.2, 0) is 27.4 Å². The van der Waals surface area contributed by atoms with Crippen molar-refractivity contribution >= 4 is 51.1 Å². The number of nitrogens with one attached hydrogen (secondary N) is 1. The number of nitrogens with zero attached hydrogens (tertiary/aromatic N) is 2. The topological polar surface area (TPSA) is 120 Å². The van der Waals surface area contributed by atoms with Gasteiger partial charge < -0.3 is 14.5 Å². The summed E-state index contributed by atoms with van der Waals surface area (Å²) in [5.74, 6) is -1.28. The lowest BCUT2D eigenvalue weighted by Crippen LogP contribution is -2.29. The molecule has 0 saturated heterocycles. The van der Waals surface area contributed by atoms with Crippen LogP contribution in [0.25, 0.3) is 22.1 Å². The maximum atomic E-state index is 12.7. The number of esters is 1. The fourth-order valence-electron chi connectivity index (χ4n) is 3.17. The van der Waals surface area contributed by atoms with E-state index < -0.39 is 24.2 Å². The van der Waals surface area contributed by atoms with Crippen LogP contribution >= 0.6 is 11.3 Å². The van der Waals surface area contributed by atoms with E-state index in [-0.39, 0.29) is 17.3 Å². The fraction of sp³-hybridized carbons (Fsp3) is 0.227. The highest BCUT2D eigenvalue weighted by atomic mass is 32.1. The van der Waals surface area contributed by atoms with Crippen LogP contribution in [0.5, 0.6) is 0 Å². The van der Waals surface area contributed by atoms with Gasteiger partial charge in [0.1, 0.15) is 17.6 Å². The molecule has 9 nitrogen and oxygen atoms in total. The number of thiophene rings is 1. The van der Waals surface area contributed by atoms with Crippen molar-refractivity contribution in [2.45, 2.75) is 33.0 Å². The van der Waals surface area contributed by atoms with Crippen LogP contribution in [0.1, 0.15) is 28.4 Å². The van der Waals surface area contributed by atoms with E-state index in [1.807, 2.05) is 6.07 Å². The average molecular weight is 453 g/mol. The minimum atomic E-state index is -1.03. The van der Waals surface area contributed by atoms with E-state index >= 15 is 0 Å². The monoisotopic (exact) mass is 453 g/mol. The van der Waals surface area contributed by atoms with Gasteiger partial charge >= 0.3 is 5.97 Å². The van der Waals surface area contributed by atoms with Crippen molar-refractivity contribution in [2.24, 2.45) is 0 Å². The quantitative estimate of drug-likeness (QED) is 0.337. The highest BCUT2D eigenvalue weighted by Crippen LogP contribution is 2.24. The number of aromatic nitrogens is 2. The number of ether oxygens (including phenoxy) is 1. The molecule has 0 fully saturated rings. The molecule has 0 aliphatic rings. The summed E-state index contributed by atoms with van der Waals surface area (Å²) >= 11 is 1.22. The Kier molecular flexibility index (Phi) is 5.87. The van der Waals surface area contributed by atoms with Crippen LogP contribution in [0.4, 0.5) is 0 Å². The number of benzene rings is 1. The molecule has 4 rings (SSSR count). The van der Waals surface area contributed by atoms with Crippen molar-refractivity contribution in [3.8, 4) is 0 Å². The predicted molar refractivity (Wildman–Crippen MR) is 117 cm³/mol. The van der Waals surface area contributed by atoms with E-state index in [9.17, 15) is 19.2 Å². The summed E-state index contributed by atoms with van der Waals surface area (Å²) in [6.45, 7) is 2.79. The summed E-state index contributed by atoms with van der Waals surface area (Å²) in [6.07, 6.45) is 0.224. The van der Waals surface area contributed by atoms with Gasteiger partial charge in [-0.25, -0.2) is 4.98 Å². The molecule has 0 aliphatic heterocycles. The molecular weight excluding hydrogens is 434 g/mol. The van der Waals surface area contributed by atoms with Gasteiger partial charge in [-0.05, 0) is 31.2 Å². The largest absolute Gasteiger partial charge is 0.453 e. The van der Waals surface area contributed by atoms with E-state index in [4.69, 9.17) is 9.15 Å². The van der Waals surface area contributed by atoms with Gasteiger partial charge in [-0.1, -0.05) is 12.1 Å². The Morgan fingerprint density at radius 3 is 2.78 bits per heavy atom. The second-order valence-electron chi connectivity index (χ2n) is 7.13. The number of carbonyl (C=O) groups excluding carboxylic acids is 3. The highest BCUT2D eigenvalue weighted by Gasteiger charge is 2.22. The van der Waals surface area contributed by atoms with Crippen molar-refractivity contribution in [1.29, 1.82) is 0 Å². The molecule has 1 amide bonds. The first-order valence-corrected chi connectivity index (χ1v) is 10.6. The number of rotatable bonds is 7. The lowest BCUT2D eigenvalue weighted by Gasteiger charge is -2.12. The number of hydrogen-bond donors (Lipinski definition) is 1. The predicted octanol–water partition coefficient (Wildman–Crippen LogP) is 2.65. The number of Topliss-reactive ketones (excluding diaryl/α,β-unsaturated/α-hetero) is 1. The normalized spacial score (nSPS) is 12.1.